The van der Waals surface area contributed by atoms with Crippen LogP contribution in [-0.4, -0.2) is 22.9 Å². The SMILES string of the molecule is Cc1ccc(N2CCC(C)C2CBr)nc1. The average Bonchev–Trinajstić information content (AvgIpc) is 2.61. The minimum absolute atomic E-state index is 0.597. The highest BCUT2D eigenvalue weighted by atomic mass is 79.9. The Kier molecular flexibility index (Phi) is 3.29. The molecule has 0 spiro atoms. The third-order valence-electron chi connectivity index (χ3n) is 3.23. The second kappa shape index (κ2) is 4.52. The Hall–Kier alpha value is -0.570. The molecule has 1 fully saturated rings. The zero-order valence-electron chi connectivity index (χ0n) is 9.28. The van der Waals surface area contributed by atoms with Crippen LogP contribution in [0.4, 0.5) is 5.82 Å². The average molecular weight is 269 g/mol. The van der Waals surface area contributed by atoms with Crippen molar-refractivity contribution < 1.29 is 0 Å². The zero-order valence-corrected chi connectivity index (χ0v) is 10.9. The fraction of sp³-hybridized carbons (Fsp3) is 0.583. The summed E-state index contributed by atoms with van der Waals surface area (Å²) in [5.41, 5.74) is 1.22. The van der Waals surface area contributed by atoms with Crippen LogP contribution in [0.15, 0.2) is 18.3 Å². The quantitative estimate of drug-likeness (QED) is 0.767. The molecule has 0 bridgehead atoms. The highest BCUT2D eigenvalue weighted by molar-refractivity contribution is 9.09. The monoisotopic (exact) mass is 268 g/mol. The number of alkyl halides is 1. The van der Waals surface area contributed by atoms with Gasteiger partial charge in [0, 0.05) is 24.1 Å². The van der Waals surface area contributed by atoms with Crippen molar-refractivity contribution in [3.8, 4) is 0 Å². The van der Waals surface area contributed by atoms with Gasteiger partial charge in [0.05, 0.1) is 0 Å². The summed E-state index contributed by atoms with van der Waals surface area (Å²) in [5.74, 6) is 1.88. The van der Waals surface area contributed by atoms with E-state index in [1.54, 1.807) is 0 Å². The van der Waals surface area contributed by atoms with Crippen LogP contribution in [0.5, 0.6) is 0 Å². The van der Waals surface area contributed by atoms with Gasteiger partial charge in [-0.05, 0) is 30.9 Å². The number of aryl methyl sites for hydroxylation is 1. The number of nitrogens with zero attached hydrogens (tertiary/aromatic N) is 2. The van der Waals surface area contributed by atoms with E-state index in [0.717, 1.165) is 23.6 Å². The number of hydrogen-bond donors (Lipinski definition) is 0. The van der Waals surface area contributed by atoms with Crippen LogP contribution >= 0.6 is 15.9 Å². The van der Waals surface area contributed by atoms with Crippen molar-refractivity contribution in [1.29, 1.82) is 0 Å². The highest BCUT2D eigenvalue weighted by Crippen LogP contribution is 2.29. The molecule has 2 nitrogen and oxygen atoms in total. The Morgan fingerprint density at radius 2 is 2.33 bits per heavy atom. The fourth-order valence-electron chi connectivity index (χ4n) is 2.16. The van der Waals surface area contributed by atoms with Crippen LogP contribution in [0.2, 0.25) is 0 Å². The zero-order chi connectivity index (χ0) is 10.8. The summed E-state index contributed by atoms with van der Waals surface area (Å²) in [6.45, 7) is 5.53. The number of rotatable bonds is 2. The molecule has 0 N–H and O–H groups in total. The van der Waals surface area contributed by atoms with Crippen LogP contribution in [-0.2, 0) is 0 Å². The van der Waals surface area contributed by atoms with Crippen LogP contribution in [0.25, 0.3) is 0 Å². The Morgan fingerprint density at radius 3 is 2.93 bits per heavy atom. The summed E-state index contributed by atoms with van der Waals surface area (Å²) in [4.78, 5) is 6.91. The van der Waals surface area contributed by atoms with Gasteiger partial charge >= 0.3 is 0 Å². The molecule has 1 saturated heterocycles. The lowest BCUT2D eigenvalue weighted by Crippen LogP contribution is -2.33. The van der Waals surface area contributed by atoms with Crippen molar-refractivity contribution in [3.05, 3.63) is 23.9 Å². The molecule has 2 rings (SSSR count). The summed E-state index contributed by atoms with van der Waals surface area (Å²) in [6, 6.07) is 4.86. The van der Waals surface area contributed by atoms with Crippen molar-refractivity contribution in [2.75, 3.05) is 16.8 Å². The smallest absolute Gasteiger partial charge is 0.128 e. The Balaban J connectivity index is 2.20. The summed E-state index contributed by atoms with van der Waals surface area (Å²) >= 11 is 3.60. The molecule has 3 heteroatoms. The number of hydrogen-bond acceptors (Lipinski definition) is 2. The van der Waals surface area contributed by atoms with E-state index >= 15 is 0 Å². The summed E-state index contributed by atoms with van der Waals surface area (Å²) in [6.07, 6.45) is 3.22. The first-order chi connectivity index (χ1) is 7.22. The standard InChI is InChI=1S/C12H17BrN2/c1-9-3-4-12(14-8-9)15-6-5-10(2)11(15)7-13/h3-4,8,10-11H,5-7H2,1-2H3. The lowest BCUT2D eigenvalue weighted by molar-refractivity contribution is 0.553. The molecule has 0 saturated carbocycles. The molecule has 2 atom stereocenters. The Labute approximate surface area is 99.8 Å². The molecule has 82 valence electrons. The predicted octanol–water partition coefficient (Wildman–Crippen LogP) is 3.00. The maximum atomic E-state index is 4.50. The van der Waals surface area contributed by atoms with E-state index in [0.29, 0.717) is 6.04 Å². The third-order valence-corrected chi connectivity index (χ3v) is 3.89. The summed E-state index contributed by atoms with van der Waals surface area (Å²) < 4.78 is 0. The first-order valence-corrected chi connectivity index (χ1v) is 6.60. The minimum atomic E-state index is 0.597. The van der Waals surface area contributed by atoms with Crippen molar-refractivity contribution in [2.24, 2.45) is 5.92 Å². The molecule has 0 aliphatic carbocycles. The molecule has 2 heterocycles. The Bertz CT molecular complexity index is 323. The number of aromatic nitrogens is 1. The van der Waals surface area contributed by atoms with Gasteiger partial charge in [-0.3, -0.25) is 0 Å². The van der Waals surface area contributed by atoms with Crippen LogP contribution in [0.3, 0.4) is 0 Å². The number of pyridine rings is 1. The van der Waals surface area contributed by atoms with Crippen molar-refractivity contribution in [1.82, 2.24) is 4.98 Å². The van der Waals surface area contributed by atoms with Gasteiger partial charge in [0.15, 0.2) is 0 Å². The van der Waals surface area contributed by atoms with E-state index in [1.165, 1.54) is 12.0 Å². The van der Waals surface area contributed by atoms with Gasteiger partial charge in [-0.15, -0.1) is 0 Å². The summed E-state index contributed by atoms with van der Waals surface area (Å²) in [7, 11) is 0. The molecule has 2 unspecified atom stereocenters. The van der Waals surface area contributed by atoms with E-state index in [1.807, 2.05) is 6.20 Å². The van der Waals surface area contributed by atoms with Crippen molar-refractivity contribution in [2.45, 2.75) is 26.3 Å². The maximum absolute atomic E-state index is 4.50. The van der Waals surface area contributed by atoms with Gasteiger partial charge < -0.3 is 4.90 Å². The van der Waals surface area contributed by atoms with Gasteiger partial charge in [0.2, 0.25) is 0 Å². The van der Waals surface area contributed by atoms with E-state index in [9.17, 15) is 0 Å². The van der Waals surface area contributed by atoms with Crippen LogP contribution < -0.4 is 4.90 Å². The minimum Gasteiger partial charge on any atom is -0.353 e. The topological polar surface area (TPSA) is 16.1 Å². The van der Waals surface area contributed by atoms with E-state index in [2.05, 4.69) is 51.8 Å². The van der Waals surface area contributed by atoms with Gasteiger partial charge in [0.25, 0.3) is 0 Å². The molecule has 0 amide bonds. The molecule has 1 aromatic rings. The van der Waals surface area contributed by atoms with E-state index in [4.69, 9.17) is 0 Å². The van der Waals surface area contributed by atoms with Crippen LogP contribution in [0, 0.1) is 12.8 Å². The van der Waals surface area contributed by atoms with Crippen molar-refractivity contribution >= 4 is 21.7 Å². The van der Waals surface area contributed by atoms with E-state index < -0.39 is 0 Å². The van der Waals surface area contributed by atoms with E-state index in [-0.39, 0.29) is 0 Å². The highest BCUT2D eigenvalue weighted by Gasteiger charge is 2.30. The maximum Gasteiger partial charge on any atom is 0.128 e. The molecule has 1 aliphatic rings. The number of anilines is 1. The second-order valence-corrected chi connectivity index (χ2v) is 5.02. The van der Waals surface area contributed by atoms with Crippen molar-refractivity contribution in [3.63, 3.8) is 0 Å². The molecular formula is C12H17BrN2. The molecule has 15 heavy (non-hydrogen) atoms. The molecule has 0 radical (unpaired) electrons. The third kappa shape index (κ3) is 2.17. The Morgan fingerprint density at radius 1 is 1.53 bits per heavy atom. The molecule has 0 aromatic carbocycles. The lowest BCUT2D eigenvalue weighted by atomic mass is 10.1. The second-order valence-electron chi connectivity index (χ2n) is 4.37. The molecule has 1 aliphatic heterocycles. The largest absolute Gasteiger partial charge is 0.353 e. The molecule has 1 aromatic heterocycles. The van der Waals surface area contributed by atoms with Gasteiger partial charge in [-0.1, -0.05) is 28.9 Å². The summed E-state index contributed by atoms with van der Waals surface area (Å²) in [5, 5.41) is 1.03. The first kappa shape index (κ1) is 10.9. The predicted molar refractivity (Wildman–Crippen MR) is 67.7 cm³/mol. The number of halogens is 1. The van der Waals surface area contributed by atoms with Crippen LogP contribution in [0.1, 0.15) is 18.9 Å². The van der Waals surface area contributed by atoms with Gasteiger partial charge in [0.1, 0.15) is 5.82 Å². The fourth-order valence-corrected chi connectivity index (χ4v) is 3.15. The normalized spacial score (nSPS) is 25.9. The van der Waals surface area contributed by atoms with Gasteiger partial charge in [-0.2, -0.15) is 0 Å². The lowest BCUT2D eigenvalue weighted by Gasteiger charge is -2.26. The van der Waals surface area contributed by atoms with Gasteiger partial charge in [-0.25, -0.2) is 4.98 Å². The first-order valence-electron chi connectivity index (χ1n) is 5.47. The molecular weight excluding hydrogens is 252 g/mol.